The normalized spacial score (nSPS) is 15.4. The van der Waals surface area contributed by atoms with Crippen molar-refractivity contribution in [1.29, 1.82) is 0 Å². The lowest BCUT2D eigenvalue weighted by molar-refractivity contribution is -0.142. The van der Waals surface area contributed by atoms with E-state index in [9.17, 15) is 4.79 Å². The largest absolute Gasteiger partial charge is 0.356 e. The molecule has 1 N–H and O–H groups in total. The Hall–Kier alpha value is -0.570. The van der Waals surface area contributed by atoms with E-state index in [2.05, 4.69) is 72.8 Å². The van der Waals surface area contributed by atoms with Crippen LogP contribution in [0.1, 0.15) is 87.0 Å². The first-order valence-corrected chi connectivity index (χ1v) is 9.97. The van der Waals surface area contributed by atoms with Crippen LogP contribution in [0.4, 0.5) is 0 Å². The van der Waals surface area contributed by atoms with Gasteiger partial charge in [0.15, 0.2) is 0 Å². The predicted molar refractivity (Wildman–Crippen MR) is 106 cm³/mol. The first-order chi connectivity index (χ1) is 11.0. The molecule has 0 aliphatic rings. The fourth-order valence-corrected chi connectivity index (χ4v) is 3.74. The summed E-state index contributed by atoms with van der Waals surface area (Å²) < 4.78 is 0. The summed E-state index contributed by atoms with van der Waals surface area (Å²) in [5.41, 5.74) is -0.0685. The maximum absolute atomic E-state index is 13.3. The summed E-state index contributed by atoms with van der Waals surface area (Å²) in [6.07, 6.45) is 6.28. The maximum Gasteiger partial charge on any atom is 0.226 e. The minimum absolute atomic E-state index is 0.0320. The molecule has 3 nitrogen and oxygen atoms in total. The first-order valence-electron chi connectivity index (χ1n) is 9.97. The molecule has 0 rings (SSSR count). The van der Waals surface area contributed by atoms with E-state index < -0.39 is 0 Å². The van der Waals surface area contributed by atoms with Gasteiger partial charge in [-0.3, -0.25) is 4.79 Å². The molecular formula is C21H44N2O. The SMILES string of the molecule is CCC(C)(CC)CC(C)(C(=O)NCCCN(C)C)C(C)(CC)CC. The fourth-order valence-electron chi connectivity index (χ4n) is 3.74. The number of carbonyl (C=O) groups excluding carboxylic acids is 1. The Kier molecular flexibility index (Phi) is 9.56. The van der Waals surface area contributed by atoms with Crippen molar-refractivity contribution in [3.05, 3.63) is 0 Å². The topological polar surface area (TPSA) is 32.3 Å². The van der Waals surface area contributed by atoms with Crippen LogP contribution in [0.5, 0.6) is 0 Å². The van der Waals surface area contributed by atoms with Crippen molar-refractivity contribution in [2.45, 2.75) is 87.0 Å². The van der Waals surface area contributed by atoms with Crippen molar-refractivity contribution in [3.8, 4) is 0 Å². The molecule has 0 saturated heterocycles. The number of nitrogens with one attached hydrogen (secondary N) is 1. The van der Waals surface area contributed by atoms with Crippen LogP contribution in [0.25, 0.3) is 0 Å². The van der Waals surface area contributed by atoms with E-state index in [1.807, 2.05) is 0 Å². The molecule has 1 atom stereocenters. The third-order valence-corrected chi connectivity index (χ3v) is 6.95. The molecule has 0 spiro atoms. The molecule has 1 unspecified atom stereocenters. The van der Waals surface area contributed by atoms with Crippen LogP contribution in [0.2, 0.25) is 0 Å². The molecule has 0 aliphatic heterocycles. The Balaban J connectivity index is 5.36. The molecule has 0 fully saturated rings. The number of nitrogens with zero attached hydrogens (tertiary/aromatic N) is 1. The number of hydrogen-bond acceptors (Lipinski definition) is 2. The van der Waals surface area contributed by atoms with Crippen LogP contribution in [-0.2, 0) is 4.79 Å². The van der Waals surface area contributed by atoms with Crippen molar-refractivity contribution >= 4 is 5.91 Å². The Morgan fingerprint density at radius 2 is 1.42 bits per heavy atom. The maximum atomic E-state index is 13.3. The highest BCUT2D eigenvalue weighted by atomic mass is 16.2. The Morgan fingerprint density at radius 1 is 0.917 bits per heavy atom. The van der Waals surface area contributed by atoms with Gasteiger partial charge in [0.2, 0.25) is 5.91 Å². The lowest BCUT2D eigenvalue weighted by atomic mass is 9.55. The van der Waals surface area contributed by atoms with Crippen LogP contribution in [0, 0.1) is 16.2 Å². The Morgan fingerprint density at radius 3 is 1.79 bits per heavy atom. The van der Waals surface area contributed by atoms with Gasteiger partial charge in [-0.2, -0.15) is 0 Å². The number of carbonyl (C=O) groups is 1. The van der Waals surface area contributed by atoms with E-state index in [1.54, 1.807) is 0 Å². The highest BCUT2D eigenvalue weighted by Crippen LogP contribution is 2.52. The number of amides is 1. The second-order valence-corrected chi connectivity index (χ2v) is 8.71. The molecule has 0 heterocycles. The average Bonchev–Trinajstić information content (AvgIpc) is 2.56. The number of rotatable bonds is 12. The average molecular weight is 341 g/mol. The summed E-state index contributed by atoms with van der Waals surface area (Å²) in [5, 5.41) is 3.26. The molecule has 144 valence electrons. The van der Waals surface area contributed by atoms with Gasteiger partial charge in [-0.25, -0.2) is 0 Å². The molecule has 3 heteroatoms. The third-order valence-electron chi connectivity index (χ3n) is 6.95. The molecule has 24 heavy (non-hydrogen) atoms. The molecule has 0 bridgehead atoms. The molecule has 0 aromatic rings. The molecule has 0 aromatic carbocycles. The Labute approximate surface area is 152 Å². The minimum Gasteiger partial charge on any atom is -0.356 e. The van der Waals surface area contributed by atoms with E-state index >= 15 is 0 Å². The van der Waals surface area contributed by atoms with Crippen LogP contribution in [0.3, 0.4) is 0 Å². The van der Waals surface area contributed by atoms with Gasteiger partial charge in [-0.1, -0.05) is 61.3 Å². The van der Waals surface area contributed by atoms with Crippen LogP contribution in [0.15, 0.2) is 0 Å². The summed E-state index contributed by atoms with van der Waals surface area (Å²) >= 11 is 0. The highest BCUT2D eigenvalue weighted by molar-refractivity contribution is 5.83. The molecule has 0 radical (unpaired) electrons. The quantitative estimate of drug-likeness (QED) is 0.501. The standard InChI is InChI=1S/C21H44N2O/c1-10-19(5,11-2)17-21(7,20(6,12-3)13-4)18(24)22-15-14-16-23(8)9/h10-17H2,1-9H3,(H,22,24). The summed E-state index contributed by atoms with van der Waals surface area (Å²) in [6, 6.07) is 0. The van der Waals surface area contributed by atoms with E-state index in [0.717, 1.165) is 51.6 Å². The second-order valence-electron chi connectivity index (χ2n) is 8.71. The molecule has 0 aromatic heterocycles. The summed E-state index contributed by atoms with van der Waals surface area (Å²) in [7, 11) is 4.15. The predicted octanol–water partition coefficient (Wildman–Crippen LogP) is 5.10. The van der Waals surface area contributed by atoms with Gasteiger partial charge in [0, 0.05) is 6.54 Å². The smallest absolute Gasteiger partial charge is 0.226 e. The van der Waals surface area contributed by atoms with Crippen LogP contribution in [-0.4, -0.2) is 38.0 Å². The molecule has 1 amide bonds. The van der Waals surface area contributed by atoms with Gasteiger partial charge in [-0.05, 0) is 57.2 Å². The van der Waals surface area contributed by atoms with Crippen LogP contribution < -0.4 is 5.32 Å². The third kappa shape index (κ3) is 5.75. The Bertz CT molecular complexity index is 370. The zero-order valence-electron chi connectivity index (χ0n) is 18.0. The van der Waals surface area contributed by atoms with E-state index in [1.165, 1.54) is 0 Å². The van der Waals surface area contributed by atoms with Gasteiger partial charge in [0.05, 0.1) is 5.41 Å². The molecule has 0 aliphatic carbocycles. The van der Waals surface area contributed by atoms with Gasteiger partial charge in [0.1, 0.15) is 0 Å². The van der Waals surface area contributed by atoms with Crippen molar-refractivity contribution in [3.63, 3.8) is 0 Å². The van der Waals surface area contributed by atoms with Gasteiger partial charge in [0.25, 0.3) is 0 Å². The van der Waals surface area contributed by atoms with E-state index in [0.29, 0.717) is 0 Å². The molecular weight excluding hydrogens is 296 g/mol. The van der Waals surface area contributed by atoms with Gasteiger partial charge < -0.3 is 10.2 Å². The zero-order valence-corrected chi connectivity index (χ0v) is 18.0. The fraction of sp³-hybridized carbons (Fsp3) is 0.952. The summed E-state index contributed by atoms with van der Waals surface area (Å²) in [6.45, 7) is 17.6. The second kappa shape index (κ2) is 9.79. The summed E-state index contributed by atoms with van der Waals surface area (Å²) in [4.78, 5) is 15.4. The zero-order chi connectivity index (χ0) is 19.0. The van der Waals surface area contributed by atoms with Gasteiger partial charge >= 0.3 is 0 Å². The first kappa shape index (κ1) is 23.4. The van der Waals surface area contributed by atoms with Crippen molar-refractivity contribution in [2.24, 2.45) is 16.2 Å². The van der Waals surface area contributed by atoms with E-state index in [-0.39, 0.29) is 22.2 Å². The highest BCUT2D eigenvalue weighted by Gasteiger charge is 2.50. The summed E-state index contributed by atoms with van der Waals surface area (Å²) in [5.74, 6) is 0.251. The minimum atomic E-state index is -0.324. The monoisotopic (exact) mass is 340 g/mol. The van der Waals surface area contributed by atoms with Crippen LogP contribution >= 0.6 is 0 Å². The van der Waals surface area contributed by atoms with Crippen molar-refractivity contribution in [1.82, 2.24) is 10.2 Å². The van der Waals surface area contributed by atoms with Crippen molar-refractivity contribution < 1.29 is 4.79 Å². The number of hydrogen-bond donors (Lipinski definition) is 1. The lowest BCUT2D eigenvalue weighted by Gasteiger charge is -2.49. The lowest BCUT2D eigenvalue weighted by Crippen LogP contribution is -2.51. The van der Waals surface area contributed by atoms with Gasteiger partial charge in [-0.15, -0.1) is 0 Å². The van der Waals surface area contributed by atoms with E-state index in [4.69, 9.17) is 0 Å². The van der Waals surface area contributed by atoms with Crippen molar-refractivity contribution in [2.75, 3.05) is 27.2 Å². The molecule has 0 saturated carbocycles.